The summed E-state index contributed by atoms with van der Waals surface area (Å²) in [6.07, 6.45) is 1.62. The highest BCUT2D eigenvalue weighted by atomic mass is 16.4. The zero-order chi connectivity index (χ0) is 15.1. The summed E-state index contributed by atoms with van der Waals surface area (Å²) in [4.78, 5) is 24.9. The second-order valence-corrected chi connectivity index (χ2v) is 5.78. The quantitative estimate of drug-likeness (QED) is 0.655. The fourth-order valence-electron chi connectivity index (χ4n) is 2.42. The van der Waals surface area contributed by atoms with Crippen LogP contribution in [0.5, 0.6) is 0 Å². The van der Waals surface area contributed by atoms with Crippen LogP contribution in [-0.2, 0) is 4.79 Å². The van der Waals surface area contributed by atoms with E-state index in [-0.39, 0.29) is 12.6 Å². The van der Waals surface area contributed by atoms with Gasteiger partial charge in [0.15, 0.2) is 0 Å². The Morgan fingerprint density at radius 3 is 2.55 bits per heavy atom. The maximum absolute atomic E-state index is 11.6. The number of carbonyl (C=O) groups excluding carboxylic acids is 1. The van der Waals surface area contributed by atoms with Crippen LogP contribution in [-0.4, -0.2) is 54.2 Å². The first-order valence-electron chi connectivity index (χ1n) is 7.42. The molecule has 6 heteroatoms. The Labute approximate surface area is 120 Å². The van der Waals surface area contributed by atoms with Gasteiger partial charge in [-0.05, 0) is 39.2 Å². The first kappa shape index (κ1) is 16.8. The largest absolute Gasteiger partial charge is 0.481 e. The SMILES string of the molecule is CCC(CNC(=O)NCC1CCN(C(C)C)C1)C(=O)O. The van der Waals surface area contributed by atoms with Crippen molar-refractivity contribution in [2.75, 3.05) is 26.2 Å². The lowest BCUT2D eigenvalue weighted by Crippen LogP contribution is -2.42. The number of likely N-dealkylation sites (tertiary alicyclic amines) is 1. The van der Waals surface area contributed by atoms with Crippen molar-refractivity contribution in [3.05, 3.63) is 0 Å². The molecule has 1 heterocycles. The molecule has 3 N–H and O–H groups in total. The standard InChI is InChI=1S/C14H27N3O3/c1-4-12(13(18)19)8-16-14(20)15-7-11-5-6-17(9-11)10(2)3/h10-12H,4-9H2,1-3H3,(H,18,19)(H2,15,16,20). The second-order valence-electron chi connectivity index (χ2n) is 5.78. The van der Waals surface area contributed by atoms with Crippen molar-refractivity contribution in [2.45, 2.75) is 39.7 Å². The number of rotatable bonds is 7. The Hall–Kier alpha value is -1.30. The second kappa shape index (κ2) is 8.09. The van der Waals surface area contributed by atoms with E-state index >= 15 is 0 Å². The van der Waals surface area contributed by atoms with Crippen molar-refractivity contribution in [3.8, 4) is 0 Å². The number of nitrogens with one attached hydrogen (secondary N) is 2. The van der Waals surface area contributed by atoms with Crippen molar-refractivity contribution >= 4 is 12.0 Å². The number of hydrogen-bond acceptors (Lipinski definition) is 3. The van der Waals surface area contributed by atoms with E-state index in [1.54, 1.807) is 6.92 Å². The molecule has 2 amide bonds. The van der Waals surface area contributed by atoms with E-state index in [1.165, 1.54) is 0 Å². The van der Waals surface area contributed by atoms with Crippen LogP contribution in [0.3, 0.4) is 0 Å². The predicted molar refractivity (Wildman–Crippen MR) is 77.6 cm³/mol. The molecule has 6 nitrogen and oxygen atoms in total. The molecule has 0 aromatic carbocycles. The molecule has 1 fully saturated rings. The van der Waals surface area contributed by atoms with Gasteiger partial charge in [0.25, 0.3) is 0 Å². The molecule has 2 atom stereocenters. The lowest BCUT2D eigenvalue weighted by Gasteiger charge is -2.20. The van der Waals surface area contributed by atoms with Crippen molar-refractivity contribution in [1.82, 2.24) is 15.5 Å². The van der Waals surface area contributed by atoms with E-state index in [0.29, 0.717) is 24.9 Å². The molecule has 2 unspecified atom stereocenters. The van der Waals surface area contributed by atoms with Crippen molar-refractivity contribution < 1.29 is 14.7 Å². The number of carboxylic acid groups (broad SMARTS) is 1. The first-order valence-corrected chi connectivity index (χ1v) is 7.42. The summed E-state index contributed by atoms with van der Waals surface area (Å²) in [7, 11) is 0. The minimum absolute atomic E-state index is 0.181. The van der Waals surface area contributed by atoms with Gasteiger partial charge in [0.05, 0.1) is 5.92 Å². The lowest BCUT2D eigenvalue weighted by atomic mass is 10.1. The molecule has 1 aliphatic heterocycles. The minimum Gasteiger partial charge on any atom is -0.481 e. The Morgan fingerprint density at radius 1 is 1.35 bits per heavy atom. The van der Waals surface area contributed by atoms with Gasteiger partial charge in [-0.15, -0.1) is 0 Å². The smallest absolute Gasteiger partial charge is 0.314 e. The van der Waals surface area contributed by atoms with Gasteiger partial charge >= 0.3 is 12.0 Å². The van der Waals surface area contributed by atoms with Gasteiger partial charge in [-0.2, -0.15) is 0 Å². The number of amides is 2. The molecule has 20 heavy (non-hydrogen) atoms. The van der Waals surface area contributed by atoms with Crippen LogP contribution in [0.1, 0.15) is 33.6 Å². The molecular formula is C14H27N3O3. The molecule has 0 bridgehead atoms. The highest BCUT2D eigenvalue weighted by Crippen LogP contribution is 2.17. The number of aliphatic carboxylic acids is 1. The third-order valence-corrected chi connectivity index (χ3v) is 3.95. The minimum atomic E-state index is -0.865. The third kappa shape index (κ3) is 5.36. The van der Waals surface area contributed by atoms with E-state index in [9.17, 15) is 9.59 Å². The van der Waals surface area contributed by atoms with E-state index < -0.39 is 11.9 Å². The molecule has 0 radical (unpaired) electrons. The van der Waals surface area contributed by atoms with Crippen LogP contribution < -0.4 is 10.6 Å². The highest BCUT2D eigenvalue weighted by Gasteiger charge is 2.24. The zero-order valence-electron chi connectivity index (χ0n) is 12.7. The molecule has 0 aromatic rings. The number of carbonyl (C=O) groups is 2. The summed E-state index contributed by atoms with van der Waals surface area (Å²) in [6.45, 7) is 9.10. The molecule has 0 aromatic heterocycles. The summed E-state index contributed by atoms with van der Waals surface area (Å²) < 4.78 is 0. The van der Waals surface area contributed by atoms with Crippen LogP contribution in [0, 0.1) is 11.8 Å². The van der Waals surface area contributed by atoms with Crippen LogP contribution in [0.15, 0.2) is 0 Å². The molecule has 1 saturated heterocycles. The number of carboxylic acids is 1. The first-order chi connectivity index (χ1) is 9.43. The Kier molecular flexibility index (Phi) is 6.78. The molecule has 0 saturated carbocycles. The normalized spacial score (nSPS) is 20.9. The molecule has 0 aliphatic carbocycles. The topological polar surface area (TPSA) is 81.7 Å². The summed E-state index contributed by atoms with van der Waals surface area (Å²) in [5.74, 6) is -0.885. The summed E-state index contributed by atoms with van der Waals surface area (Å²) >= 11 is 0. The maximum Gasteiger partial charge on any atom is 0.314 e. The number of hydrogen-bond donors (Lipinski definition) is 3. The molecule has 1 rings (SSSR count). The van der Waals surface area contributed by atoms with E-state index in [2.05, 4.69) is 29.4 Å². The highest BCUT2D eigenvalue weighted by molar-refractivity contribution is 5.75. The van der Waals surface area contributed by atoms with Gasteiger partial charge in [0, 0.05) is 25.7 Å². The number of nitrogens with zero attached hydrogens (tertiary/aromatic N) is 1. The summed E-state index contributed by atoms with van der Waals surface area (Å²) in [6, 6.07) is 0.280. The van der Waals surface area contributed by atoms with Gasteiger partial charge in [-0.3, -0.25) is 4.79 Å². The van der Waals surface area contributed by atoms with Gasteiger partial charge < -0.3 is 20.6 Å². The van der Waals surface area contributed by atoms with Crippen molar-refractivity contribution in [2.24, 2.45) is 11.8 Å². The number of urea groups is 1. The Bertz CT molecular complexity index is 334. The van der Waals surface area contributed by atoms with Crippen molar-refractivity contribution in [1.29, 1.82) is 0 Å². The monoisotopic (exact) mass is 285 g/mol. The van der Waals surface area contributed by atoms with E-state index in [1.807, 2.05) is 0 Å². The Morgan fingerprint density at radius 2 is 2.05 bits per heavy atom. The van der Waals surface area contributed by atoms with Gasteiger partial charge in [0.2, 0.25) is 0 Å². The average molecular weight is 285 g/mol. The fraction of sp³-hybridized carbons (Fsp3) is 0.857. The Balaban J connectivity index is 2.19. The zero-order valence-corrected chi connectivity index (χ0v) is 12.7. The van der Waals surface area contributed by atoms with E-state index in [0.717, 1.165) is 19.5 Å². The molecule has 1 aliphatic rings. The summed E-state index contributed by atoms with van der Waals surface area (Å²) in [5.41, 5.74) is 0. The van der Waals surface area contributed by atoms with Crippen LogP contribution >= 0.6 is 0 Å². The molecular weight excluding hydrogens is 258 g/mol. The van der Waals surface area contributed by atoms with Gasteiger partial charge in [-0.25, -0.2) is 4.79 Å². The average Bonchev–Trinajstić information content (AvgIpc) is 2.85. The fourth-order valence-corrected chi connectivity index (χ4v) is 2.42. The predicted octanol–water partition coefficient (Wildman–Crippen LogP) is 1.13. The van der Waals surface area contributed by atoms with Crippen molar-refractivity contribution in [3.63, 3.8) is 0 Å². The summed E-state index contributed by atoms with van der Waals surface area (Å²) in [5, 5.41) is 14.4. The van der Waals surface area contributed by atoms with E-state index in [4.69, 9.17) is 5.11 Å². The lowest BCUT2D eigenvalue weighted by molar-refractivity contribution is -0.141. The van der Waals surface area contributed by atoms with Crippen LogP contribution in [0.25, 0.3) is 0 Å². The molecule has 116 valence electrons. The van der Waals surface area contributed by atoms with Gasteiger partial charge in [0.1, 0.15) is 0 Å². The molecule has 0 spiro atoms. The van der Waals surface area contributed by atoms with Crippen LogP contribution in [0.2, 0.25) is 0 Å². The third-order valence-electron chi connectivity index (χ3n) is 3.95. The maximum atomic E-state index is 11.6. The van der Waals surface area contributed by atoms with Crippen LogP contribution in [0.4, 0.5) is 4.79 Å². The van der Waals surface area contributed by atoms with Gasteiger partial charge in [-0.1, -0.05) is 6.92 Å².